The first-order valence-electron chi connectivity index (χ1n) is 6.89. The van der Waals surface area contributed by atoms with Crippen LogP contribution in [0.3, 0.4) is 0 Å². The lowest BCUT2D eigenvalue weighted by atomic mass is 9.86. The zero-order valence-electron chi connectivity index (χ0n) is 12.0. The molecule has 2 fully saturated rings. The number of hydrogen-bond donors (Lipinski definition) is 1. The second-order valence-corrected chi connectivity index (χ2v) is 7.24. The van der Waals surface area contributed by atoms with Crippen LogP contribution >= 0.6 is 0 Å². The highest BCUT2D eigenvalue weighted by molar-refractivity contribution is 5.01. The van der Waals surface area contributed by atoms with E-state index in [9.17, 15) is 0 Å². The number of morpholine rings is 1. The molecular formula is C14H28N2O. The molecule has 1 aliphatic carbocycles. The topological polar surface area (TPSA) is 38.5 Å². The summed E-state index contributed by atoms with van der Waals surface area (Å²) in [6.45, 7) is 13.2. The lowest BCUT2D eigenvalue weighted by Gasteiger charge is -2.46. The van der Waals surface area contributed by atoms with Gasteiger partial charge >= 0.3 is 0 Å². The van der Waals surface area contributed by atoms with E-state index in [4.69, 9.17) is 10.5 Å². The van der Waals surface area contributed by atoms with Gasteiger partial charge in [0.2, 0.25) is 0 Å². The molecule has 2 N–H and O–H groups in total. The SMILES string of the molecule is CC1CN(C2CCC(C)(C)C2N)CC(C)(C)O1. The highest BCUT2D eigenvalue weighted by Crippen LogP contribution is 2.40. The third-order valence-corrected chi connectivity index (χ3v) is 4.47. The minimum absolute atomic E-state index is 0.0376. The molecule has 3 unspecified atom stereocenters. The van der Waals surface area contributed by atoms with Crippen molar-refractivity contribution < 1.29 is 4.74 Å². The third kappa shape index (κ3) is 2.67. The Morgan fingerprint density at radius 2 is 1.88 bits per heavy atom. The smallest absolute Gasteiger partial charge is 0.0757 e. The van der Waals surface area contributed by atoms with E-state index in [0.29, 0.717) is 18.2 Å². The van der Waals surface area contributed by atoms with Crippen LogP contribution in [-0.4, -0.2) is 41.8 Å². The Kier molecular flexibility index (Phi) is 3.30. The first kappa shape index (κ1) is 13.3. The Balaban J connectivity index is 2.08. The van der Waals surface area contributed by atoms with Crippen molar-refractivity contribution in [1.29, 1.82) is 0 Å². The highest BCUT2D eigenvalue weighted by atomic mass is 16.5. The molecule has 100 valence electrons. The summed E-state index contributed by atoms with van der Waals surface area (Å²) >= 11 is 0. The molecule has 0 spiro atoms. The van der Waals surface area contributed by atoms with Gasteiger partial charge in [-0.2, -0.15) is 0 Å². The van der Waals surface area contributed by atoms with Gasteiger partial charge in [0.15, 0.2) is 0 Å². The van der Waals surface area contributed by atoms with E-state index in [1.54, 1.807) is 0 Å². The van der Waals surface area contributed by atoms with E-state index in [1.807, 2.05) is 0 Å². The maximum absolute atomic E-state index is 6.44. The monoisotopic (exact) mass is 240 g/mol. The molecule has 0 amide bonds. The van der Waals surface area contributed by atoms with Crippen molar-refractivity contribution in [1.82, 2.24) is 4.90 Å². The van der Waals surface area contributed by atoms with Crippen LogP contribution in [0.4, 0.5) is 0 Å². The average molecular weight is 240 g/mol. The van der Waals surface area contributed by atoms with Crippen molar-refractivity contribution in [3.63, 3.8) is 0 Å². The summed E-state index contributed by atoms with van der Waals surface area (Å²) in [6, 6.07) is 0.833. The first-order valence-corrected chi connectivity index (χ1v) is 6.89. The summed E-state index contributed by atoms with van der Waals surface area (Å²) in [7, 11) is 0. The second kappa shape index (κ2) is 4.22. The summed E-state index contributed by atoms with van der Waals surface area (Å²) in [5.41, 5.74) is 6.69. The van der Waals surface area contributed by atoms with Crippen molar-refractivity contribution in [3.8, 4) is 0 Å². The van der Waals surface area contributed by atoms with E-state index in [0.717, 1.165) is 13.1 Å². The zero-order chi connectivity index (χ0) is 12.8. The van der Waals surface area contributed by atoms with Crippen LogP contribution in [0.25, 0.3) is 0 Å². The summed E-state index contributed by atoms with van der Waals surface area (Å²) in [6.07, 6.45) is 2.79. The van der Waals surface area contributed by atoms with Crippen molar-refractivity contribution in [2.24, 2.45) is 11.1 Å². The van der Waals surface area contributed by atoms with Gasteiger partial charge in [-0.15, -0.1) is 0 Å². The molecule has 3 nitrogen and oxygen atoms in total. The first-order chi connectivity index (χ1) is 7.71. The van der Waals surface area contributed by atoms with E-state index < -0.39 is 0 Å². The van der Waals surface area contributed by atoms with Gasteiger partial charge < -0.3 is 10.5 Å². The van der Waals surface area contributed by atoms with Gasteiger partial charge in [0.25, 0.3) is 0 Å². The van der Waals surface area contributed by atoms with Gasteiger partial charge in [-0.25, -0.2) is 0 Å². The van der Waals surface area contributed by atoms with Crippen molar-refractivity contribution >= 4 is 0 Å². The number of ether oxygens (including phenoxy) is 1. The average Bonchev–Trinajstić information content (AvgIpc) is 2.38. The number of rotatable bonds is 1. The molecule has 3 atom stereocenters. The Bertz CT molecular complexity index is 288. The molecule has 1 saturated carbocycles. The maximum atomic E-state index is 6.44. The Morgan fingerprint density at radius 1 is 1.24 bits per heavy atom. The van der Waals surface area contributed by atoms with Crippen molar-refractivity contribution in [3.05, 3.63) is 0 Å². The van der Waals surface area contributed by atoms with Gasteiger partial charge in [0, 0.05) is 25.2 Å². The minimum atomic E-state index is -0.0376. The fourth-order valence-corrected chi connectivity index (χ4v) is 3.55. The van der Waals surface area contributed by atoms with Crippen LogP contribution in [0.15, 0.2) is 0 Å². The normalized spacial score (nSPS) is 41.6. The van der Waals surface area contributed by atoms with Gasteiger partial charge in [0.1, 0.15) is 0 Å². The highest BCUT2D eigenvalue weighted by Gasteiger charge is 2.45. The Morgan fingerprint density at radius 3 is 2.35 bits per heavy atom. The predicted molar refractivity (Wildman–Crippen MR) is 71.0 cm³/mol. The lowest BCUT2D eigenvalue weighted by molar-refractivity contribution is -0.139. The van der Waals surface area contributed by atoms with Crippen LogP contribution in [0, 0.1) is 5.41 Å². The lowest BCUT2D eigenvalue weighted by Crippen LogP contribution is -2.59. The fraction of sp³-hybridized carbons (Fsp3) is 1.00. The Labute approximate surface area is 106 Å². The second-order valence-electron chi connectivity index (χ2n) is 7.24. The minimum Gasteiger partial charge on any atom is -0.370 e. The molecule has 17 heavy (non-hydrogen) atoms. The standard InChI is InChI=1S/C14H28N2O/c1-10-8-16(9-14(4,5)17-10)11-6-7-13(2,3)12(11)15/h10-12H,6-9,15H2,1-5H3. The van der Waals surface area contributed by atoms with Crippen LogP contribution in [0.2, 0.25) is 0 Å². The molecule has 1 heterocycles. The van der Waals surface area contributed by atoms with Crippen LogP contribution in [-0.2, 0) is 4.74 Å². The van der Waals surface area contributed by atoms with Crippen LogP contribution < -0.4 is 5.73 Å². The van der Waals surface area contributed by atoms with Crippen LogP contribution in [0.5, 0.6) is 0 Å². The molecule has 1 saturated heterocycles. The van der Waals surface area contributed by atoms with E-state index in [2.05, 4.69) is 39.5 Å². The van der Waals surface area contributed by atoms with Crippen LogP contribution in [0.1, 0.15) is 47.5 Å². The van der Waals surface area contributed by atoms with E-state index >= 15 is 0 Å². The molecule has 0 radical (unpaired) electrons. The number of nitrogens with zero attached hydrogens (tertiary/aromatic N) is 1. The summed E-state index contributed by atoms with van der Waals surface area (Å²) in [5.74, 6) is 0. The largest absolute Gasteiger partial charge is 0.370 e. The van der Waals surface area contributed by atoms with Gasteiger partial charge in [-0.3, -0.25) is 4.90 Å². The Hall–Kier alpha value is -0.120. The molecule has 1 aliphatic heterocycles. The summed E-state index contributed by atoms with van der Waals surface area (Å²) in [4.78, 5) is 2.56. The molecule has 3 heteroatoms. The van der Waals surface area contributed by atoms with Gasteiger partial charge in [-0.1, -0.05) is 13.8 Å². The summed E-state index contributed by atoms with van der Waals surface area (Å²) < 4.78 is 5.97. The quantitative estimate of drug-likeness (QED) is 0.762. The van der Waals surface area contributed by atoms with Gasteiger partial charge in [0.05, 0.1) is 11.7 Å². The number of hydrogen-bond acceptors (Lipinski definition) is 3. The summed E-state index contributed by atoms with van der Waals surface area (Å²) in [5, 5.41) is 0. The molecule has 0 aromatic heterocycles. The zero-order valence-corrected chi connectivity index (χ0v) is 12.0. The van der Waals surface area contributed by atoms with E-state index in [-0.39, 0.29) is 11.0 Å². The third-order valence-electron chi connectivity index (χ3n) is 4.47. The molecule has 0 aromatic carbocycles. The number of nitrogens with two attached hydrogens (primary N) is 1. The molecule has 2 aliphatic rings. The molecule has 0 aromatic rings. The van der Waals surface area contributed by atoms with Gasteiger partial charge in [-0.05, 0) is 39.0 Å². The predicted octanol–water partition coefficient (Wildman–Crippen LogP) is 2.00. The molecular weight excluding hydrogens is 212 g/mol. The molecule has 2 rings (SSSR count). The van der Waals surface area contributed by atoms with E-state index in [1.165, 1.54) is 12.8 Å². The fourth-order valence-electron chi connectivity index (χ4n) is 3.55. The van der Waals surface area contributed by atoms with Crippen molar-refractivity contribution in [2.45, 2.75) is 71.2 Å². The molecule has 0 bridgehead atoms. The maximum Gasteiger partial charge on any atom is 0.0757 e. The van der Waals surface area contributed by atoms with Crippen molar-refractivity contribution in [2.75, 3.05) is 13.1 Å².